The van der Waals surface area contributed by atoms with E-state index in [0.717, 1.165) is 19.3 Å². The van der Waals surface area contributed by atoms with Crippen molar-refractivity contribution in [3.8, 4) is 22.9 Å². The molecule has 0 atom stereocenters. The first-order valence-electron chi connectivity index (χ1n) is 9.37. The molecule has 1 aromatic carbocycles. The highest BCUT2D eigenvalue weighted by Gasteiger charge is 2.33. The van der Waals surface area contributed by atoms with Gasteiger partial charge in [0.1, 0.15) is 29.0 Å². The molecule has 1 amide bonds. The van der Waals surface area contributed by atoms with E-state index in [4.69, 9.17) is 10.5 Å². The minimum absolute atomic E-state index is 0.0794. The smallest absolute Gasteiger partial charge is 0.225 e. The van der Waals surface area contributed by atoms with Crippen molar-refractivity contribution in [3.63, 3.8) is 0 Å². The number of amides is 1. The minimum atomic E-state index is -0.479. The summed E-state index contributed by atoms with van der Waals surface area (Å²) in [7, 11) is 1.50. The van der Waals surface area contributed by atoms with Crippen LogP contribution in [0.15, 0.2) is 18.2 Å². The molecule has 144 valence electrons. The van der Waals surface area contributed by atoms with Gasteiger partial charge in [0.05, 0.1) is 12.8 Å². The third-order valence-corrected chi connectivity index (χ3v) is 5.70. The fourth-order valence-corrected chi connectivity index (χ4v) is 3.91. The van der Waals surface area contributed by atoms with Crippen molar-refractivity contribution in [3.05, 3.63) is 40.8 Å². The maximum atomic E-state index is 14.8. The lowest BCUT2D eigenvalue weighted by atomic mass is 9.83. The van der Waals surface area contributed by atoms with Crippen molar-refractivity contribution in [2.45, 2.75) is 32.2 Å². The van der Waals surface area contributed by atoms with E-state index < -0.39 is 5.82 Å². The second-order valence-electron chi connectivity index (χ2n) is 7.27. The fraction of sp³-hybridized carbons (Fsp3) is 0.381. The van der Waals surface area contributed by atoms with Gasteiger partial charge in [-0.1, -0.05) is 6.42 Å². The van der Waals surface area contributed by atoms with Crippen LogP contribution in [-0.4, -0.2) is 29.4 Å². The summed E-state index contributed by atoms with van der Waals surface area (Å²) >= 11 is 0. The zero-order valence-electron chi connectivity index (χ0n) is 15.7. The summed E-state index contributed by atoms with van der Waals surface area (Å²) in [5.41, 5.74) is 8.20. The Morgan fingerprint density at radius 1 is 1.43 bits per heavy atom. The van der Waals surface area contributed by atoms with Gasteiger partial charge in [0.25, 0.3) is 0 Å². The Hall–Kier alpha value is -3.14. The predicted octanol–water partition coefficient (Wildman–Crippen LogP) is 3.03. The Balaban J connectivity index is 1.86. The van der Waals surface area contributed by atoms with E-state index in [1.807, 2.05) is 0 Å². The zero-order chi connectivity index (χ0) is 19.8. The monoisotopic (exact) mass is 380 g/mol. The van der Waals surface area contributed by atoms with E-state index >= 15 is 0 Å². The number of methoxy groups -OCH3 is 1. The molecule has 2 aromatic rings. The molecular formula is C21H21FN4O2. The largest absolute Gasteiger partial charge is 0.497 e. The number of anilines is 1. The second kappa shape index (κ2) is 7.12. The van der Waals surface area contributed by atoms with Gasteiger partial charge in [-0.25, -0.2) is 9.37 Å². The highest BCUT2D eigenvalue weighted by atomic mass is 19.1. The molecule has 1 fully saturated rings. The molecule has 1 aromatic heterocycles. The number of pyridine rings is 1. The first kappa shape index (κ1) is 18.2. The third-order valence-electron chi connectivity index (χ3n) is 5.70. The lowest BCUT2D eigenvalue weighted by Crippen LogP contribution is -2.42. The van der Waals surface area contributed by atoms with Crippen molar-refractivity contribution >= 4 is 11.7 Å². The van der Waals surface area contributed by atoms with Crippen LogP contribution in [0.25, 0.3) is 11.1 Å². The molecule has 4 rings (SSSR count). The first-order valence-corrected chi connectivity index (χ1v) is 9.37. The van der Waals surface area contributed by atoms with Crippen molar-refractivity contribution in [1.29, 1.82) is 5.26 Å². The summed E-state index contributed by atoms with van der Waals surface area (Å²) < 4.78 is 20.0. The van der Waals surface area contributed by atoms with Gasteiger partial charge in [-0.2, -0.15) is 5.26 Å². The molecule has 0 unspecified atom stereocenters. The summed E-state index contributed by atoms with van der Waals surface area (Å²) in [5, 5.41) is 9.69. The van der Waals surface area contributed by atoms with Crippen molar-refractivity contribution in [2.24, 2.45) is 5.92 Å². The number of carbonyl (C=O) groups is 1. The molecule has 28 heavy (non-hydrogen) atoms. The zero-order valence-corrected chi connectivity index (χ0v) is 15.7. The van der Waals surface area contributed by atoms with E-state index in [2.05, 4.69) is 11.1 Å². The van der Waals surface area contributed by atoms with Crippen molar-refractivity contribution < 1.29 is 13.9 Å². The number of nitrogens with zero attached hydrogens (tertiary/aromatic N) is 3. The highest BCUT2D eigenvalue weighted by Crippen LogP contribution is 2.38. The molecule has 1 aliphatic heterocycles. The number of benzene rings is 1. The summed E-state index contributed by atoms with van der Waals surface area (Å²) in [6, 6.07) is 6.45. The van der Waals surface area contributed by atoms with Crippen LogP contribution in [0.1, 0.15) is 36.1 Å². The van der Waals surface area contributed by atoms with E-state index in [0.29, 0.717) is 42.1 Å². The summed E-state index contributed by atoms with van der Waals surface area (Å²) in [5.74, 6) is 0.285. The quantitative estimate of drug-likeness (QED) is 0.884. The van der Waals surface area contributed by atoms with Gasteiger partial charge in [0, 0.05) is 42.1 Å². The average molecular weight is 380 g/mol. The molecular weight excluding hydrogens is 359 g/mol. The van der Waals surface area contributed by atoms with E-state index in [1.165, 1.54) is 19.2 Å². The number of carbonyl (C=O) groups excluding carboxylic acids is 1. The van der Waals surface area contributed by atoms with Crippen LogP contribution in [0.2, 0.25) is 0 Å². The molecule has 0 bridgehead atoms. The number of nitriles is 1. The fourth-order valence-electron chi connectivity index (χ4n) is 3.91. The van der Waals surface area contributed by atoms with Gasteiger partial charge in [0.15, 0.2) is 0 Å². The second-order valence-corrected chi connectivity index (χ2v) is 7.27. The molecule has 2 heterocycles. The Bertz CT molecular complexity index is 995. The molecule has 1 saturated carbocycles. The molecule has 2 aliphatic rings. The van der Waals surface area contributed by atoms with Crippen LogP contribution in [0.5, 0.6) is 5.75 Å². The maximum Gasteiger partial charge on any atom is 0.225 e. The lowest BCUT2D eigenvalue weighted by molar-refractivity contribution is -0.139. The molecule has 0 radical (unpaired) electrons. The summed E-state index contributed by atoms with van der Waals surface area (Å²) in [6.07, 6.45) is 3.45. The number of nitrogen functional groups attached to an aromatic ring is 1. The standard InChI is InChI=1S/C21H21FN4O2/c1-28-13-5-6-17(22)14(9-13)19-15(10-23)20(24)25-18-7-8-26(11-16(18)19)21(27)12-3-2-4-12/h5-6,9,12H,2-4,7-8,11H2,1H3,(H2,24,25). The molecule has 0 saturated heterocycles. The number of nitrogens with two attached hydrogens (primary N) is 1. The molecule has 2 N–H and O–H groups in total. The van der Waals surface area contributed by atoms with Crippen LogP contribution in [-0.2, 0) is 17.8 Å². The Morgan fingerprint density at radius 3 is 2.86 bits per heavy atom. The predicted molar refractivity (Wildman–Crippen MR) is 102 cm³/mol. The topological polar surface area (TPSA) is 92.2 Å². The van der Waals surface area contributed by atoms with Gasteiger partial charge in [-0.15, -0.1) is 0 Å². The number of hydrogen-bond acceptors (Lipinski definition) is 5. The number of aromatic nitrogens is 1. The minimum Gasteiger partial charge on any atom is -0.497 e. The van der Waals surface area contributed by atoms with E-state index in [-0.39, 0.29) is 28.8 Å². The van der Waals surface area contributed by atoms with Gasteiger partial charge >= 0.3 is 0 Å². The van der Waals surface area contributed by atoms with Crippen LogP contribution in [0.3, 0.4) is 0 Å². The third kappa shape index (κ3) is 2.95. The van der Waals surface area contributed by atoms with Crippen LogP contribution < -0.4 is 10.5 Å². The Labute approximate surface area is 162 Å². The summed E-state index contributed by atoms with van der Waals surface area (Å²) in [6.45, 7) is 0.860. The number of ether oxygens (including phenoxy) is 1. The highest BCUT2D eigenvalue weighted by molar-refractivity contribution is 5.83. The van der Waals surface area contributed by atoms with Gasteiger partial charge < -0.3 is 15.4 Å². The molecule has 7 heteroatoms. The molecule has 0 spiro atoms. The van der Waals surface area contributed by atoms with Crippen LogP contribution in [0.4, 0.5) is 10.2 Å². The van der Waals surface area contributed by atoms with Gasteiger partial charge in [-0.3, -0.25) is 4.79 Å². The number of rotatable bonds is 3. The maximum absolute atomic E-state index is 14.8. The normalized spacial score (nSPS) is 16.1. The molecule has 6 nitrogen and oxygen atoms in total. The van der Waals surface area contributed by atoms with Crippen LogP contribution >= 0.6 is 0 Å². The van der Waals surface area contributed by atoms with E-state index in [9.17, 15) is 14.4 Å². The summed E-state index contributed by atoms with van der Waals surface area (Å²) in [4.78, 5) is 18.9. The number of halogens is 1. The van der Waals surface area contributed by atoms with E-state index in [1.54, 1.807) is 11.0 Å². The Morgan fingerprint density at radius 2 is 2.21 bits per heavy atom. The van der Waals surface area contributed by atoms with Gasteiger partial charge in [-0.05, 0) is 31.0 Å². The van der Waals surface area contributed by atoms with Gasteiger partial charge in [0.2, 0.25) is 5.91 Å². The van der Waals surface area contributed by atoms with Crippen molar-refractivity contribution in [1.82, 2.24) is 9.88 Å². The Kier molecular flexibility index (Phi) is 4.63. The van der Waals surface area contributed by atoms with Crippen molar-refractivity contribution in [2.75, 3.05) is 19.4 Å². The molecule has 1 aliphatic carbocycles. The number of fused-ring (bicyclic) bond motifs is 1. The first-order chi connectivity index (χ1) is 13.5. The lowest BCUT2D eigenvalue weighted by Gasteiger charge is -2.35. The average Bonchev–Trinajstić information content (AvgIpc) is 2.65. The SMILES string of the molecule is COc1ccc(F)c(-c2c(C#N)c(N)nc3c2CN(C(=O)C2CCC2)CC3)c1. The van der Waals surface area contributed by atoms with Crippen LogP contribution in [0, 0.1) is 23.1 Å². The number of hydrogen-bond donors (Lipinski definition) is 1.